The molecule has 0 aliphatic rings. The van der Waals surface area contributed by atoms with E-state index in [4.69, 9.17) is 9.47 Å². The largest absolute Gasteiger partial charge is 0.481 e. The normalized spacial score (nSPS) is 12.0. The van der Waals surface area contributed by atoms with Crippen molar-refractivity contribution in [2.24, 2.45) is 0 Å². The topological polar surface area (TPSA) is 65.4 Å². The van der Waals surface area contributed by atoms with Gasteiger partial charge in [-0.25, -0.2) is 4.39 Å². The fraction of sp³-hybridized carbons (Fsp3) is 0.444. The Morgan fingerprint density at radius 3 is 2.84 bits per heavy atom. The van der Waals surface area contributed by atoms with Crippen LogP contribution in [0, 0.1) is 19.7 Å². The summed E-state index contributed by atoms with van der Waals surface area (Å²) in [5.41, 5.74) is 2.84. The van der Waals surface area contributed by atoms with Gasteiger partial charge < -0.3 is 14.8 Å². The molecule has 7 heteroatoms. The van der Waals surface area contributed by atoms with Crippen LogP contribution in [-0.4, -0.2) is 35.5 Å². The van der Waals surface area contributed by atoms with Crippen LogP contribution in [0.1, 0.15) is 23.9 Å². The molecule has 1 amide bonds. The van der Waals surface area contributed by atoms with Crippen molar-refractivity contribution in [2.75, 3.05) is 13.7 Å². The van der Waals surface area contributed by atoms with Gasteiger partial charge in [0.25, 0.3) is 5.91 Å². The second-order valence-electron chi connectivity index (χ2n) is 5.80. The number of aromatic nitrogens is 2. The minimum absolute atomic E-state index is 0.271. The maximum Gasteiger partial charge on any atom is 0.261 e. The monoisotopic (exact) mass is 349 g/mol. The van der Waals surface area contributed by atoms with Crippen LogP contribution >= 0.6 is 0 Å². The highest BCUT2D eigenvalue weighted by atomic mass is 19.1. The lowest BCUT2D eigenvalue weighted by Crippen LogP contribution is -2.36. The summed E-state index contributed by atoms with van der Waals surface area (Å²) in [6, 6.07) is 5.72. The smallest absolute Gasteiger partial charge is 0.261 e. The van der Waals surface area contributed by atoms with Crippen molar-refractivity contribution in [3.05, 3.63) is 47.0 Å². The fourth-order valence-corrected chi connectivity index (χ4v) is 2.50. The quantitative estimate of drug-likeness (QED) is 0.795. The first-order valence-corrected chi connectivity index (χ1v) is 8.14. The Hall–Kier alpha value is -2.41. The number of methoxy groups -OCH3 is 1. The molecule has 0 saturated heterocycles. The summed E-state index contributed by atoms with van der Waals surface area (Å²) in [7, 11) is 1.65. The third-order valence-corrected chi connectivity index (χ3v) is 3.96. The molecule has 0 aliphatic carbocycles. The molecule has 0 fully saturated rings. The number of halogens is 1. The second-order valence-corrected chi connectivity index (χ2v) is 5.80. The number of hydrogen-bond donors (Lipinski definition) is 1. The summed E-state index contributed by atoms with van der Waals surface area (Å²) in [6.45, 7) is 7.10. The van der Waals surface area contributed by atoms with Crippen molar-refractivity contribution in [3.8, 4) is 5.75 Å². The van der Waals surface area contributed by atoms with Gasteiger partial charge in [-0.15, -0.1) is 0 Å². The molecular weight excluding hydrogens is 325 g/mol. The standard InChI is InChI=1S/C18H24FN3O3/c1-12-17(13(2)22(21-12)8-9-24-4)11-20-18(23)14(3)25-16-7-5-6-15(19)10-16/h5-7,10,14H,8-9,11H2,1-4H3,(H,20,23). The molecule has 1 aromatic carbocycles. The third-order valence-electron chi connectivity index (χ3n) is 3.96. The molecule has 136 valence electrons. The lowest BCUT2D eigenvalue weighted by Gasteiger charge is -2.15. The van der Waals surface area contributed by atoms with Gasteiger partial charge in [0.1, 0.15) is 11.6 Å². The van der Waals surface area contributed by atoms with E-state index in [0.29, 0.717) is 25.4 Å². The van der Waals surface area contributed by atoms with Gasteiger partial charge in [0, 0.05) is 31.0 Å². The highest BCUT2D eigenvalue weighted by molar-refractivity contribution is 5.80. The minimum atomic E-state index is -0.731. The van der Waals surface area contributed by atoms with Crippen molar-refractivity contribution in [1.29, 1.82) is 0 Å². The molecule has 0 aliphatic heterocycles. The number of ether oxygens (including phenoxy) is 2. The van der Waals surface area contributed by atoms with E-state index < -0.39 is 11.9 Å². The van der Waals surface area contributed by atoms with Gasteiger partial charge in [-0.3, -0.25) is 9.48 Å². The van der Waals surface area contributed by atoms with Crippen molar-refractivity contribution in [1.82, 2.24) is 15.1 Å². The number of rotatable bonds is 8. The van der Waals surface area contributed by atoms with Crippen LogP contribution in [0.15, 0.2) is 24.3 Å². The molecule has 1 atom stereocenters. The number of aryl methyl sites for hydroxylation is 1. The summed E-state index contributed by atoms with van der Waals surface area (Å²) in [4.78, 5) is 12.2. The first-order valence-electron chi connectivity index (χ1n) is 8.14. The number of amides is 1. The summed E-state index contributed by atoms with van der Waals surface area (Å²) in [5, 5.41) is 7.30. The molecular formula is C18H24FN3O3. The van der Waals surface area contributed by atoms with Crippen LogP contribution in [0.25, 0.3) is 0 Å². The van der Waals surface area contributed by atoms with E-state index in [1.807, 2.05) is 18.5 Å². The van der Waals surface area contributed by atoms with E-state index in [1.165, 1.54) is 18.2 Å². The van der Waals surface area contributed by atoms with Gasteiger partial charge in [0.05, 0.1) is 18.8 Å². The molecule has 0 bridgehead atoms. The van der Waals surface area contributed by atoms with Crippen LogP contribution in [0.5, 0.6) is 5.75 Å². The first-order chi connectivity index (χ1) is 11.9. The number of carbonyl (C=O) groups is 1. The second kappa shape index (κ2) is 8.62. The van der Waals surface area contributed by atoms with Crippen LogP contribution in [-0.2, 0) is 22.6 Å². The molecule has 6 nitrogen and oxygen atoms in total. The average molecular weight is 349 g/mol. The Labute approximate surface area is 146 Å². The maximum atomic E-state index is 13.2. The van der Waals surface area contributed by atoms with Gasteiger partial charge in [0.15, 0.2) is 6.10 Å². The van der Waals surface area contributed by atoms with Crippen LogP contribution < -0.4 is 10.1 Å². The van der Waals surface area contributed by atoms with Crippen LogP contribution in [0.4, 0.5) is 4.39 Å². The molecule has 25 heavy (non-hydrogen) atoms. The zero-order valence-corrected chi connectivity index (χ0v) is 15.0. The zero-order chi connectivity index (χ0) is 18.4. The highest BCUT2D eigenvalue weighted by Crippen LogP contribution is 2.15. The Morgan fingerprint density at radius 2 is 2.16 bits per heavy atom. The molecule has 1 aromatic heterocycles. The van der Waals surface area contributed by atoms with Gasteiger partial charge >= 0.3 is 0 Å². The molecule has 1 heterocycles. The van der Waals surface area contributed by atoms with Gasteiger partial charge in [-0.1, -0.05) is 6.07 Å². The number of hydrogen-bond acceptors (Lipinski definition) is 4. The van der Waals surface area contributed by atoms with Crippen LogP contribution in [0.2, 0.25) is 0 Å². The summed E-state index contributed by atoms with van der Waals surface area (Å²) >= 11 is 0. The predicted molar refractivity (Wildman–Crippen MR) is 91.9 cm³/mol. The lowest BCUT2D eigenvalue weighted by atomic mass is 10.2. The molecule has 2 rings (SSSR count). The third kappa shape index (κ3) is 5.03. The number of nitrogens with one attached hydrogen (secondary N) is 1. The van der Waals surface area contributed by atoms with E-state index >= 15 is 0 Å². The number of nitrogens with zero attached hydrogens (tertiary/aromatic N) is 2. The molecule has 1 N–H and O–H groups in total. The van der Waals surface area contributed by atoms with Crippen LogP contribution in [0.3, 0.4) is 0 Å². The molecule has 1 unspecified atom stereocenters. The minimum Gasteiger partial charge on any atom is -0.481 e. The fourth-order valence-electron chi connectivity index (χ4n) is 2.50. The lowest BCUT2D eigenvalue weighted by molar-refractivity contribution is -0.127. The number of carbonyl (C=O) groups excluding carboxylic acids is 1. The van der Waals surface area contributed by atoms with Gasteiger partial charge in [0.2, 0.25) is 0 Å². The van der Waals surface area contributed by atoms with Gasteiger partial charge in [-0.05, 0) is 32.9 Å². The number of benzene rings is 1. The molecule has 0 saturated carbocycles. The molecule has 2 aromatic rings. The maximum absolute atomic E-state index is 13.2. The van der Waals surface area contributed by atoms with Gasteiger partial charge in [-0.2, -0.15) is 5.10 Å². The Morgan fingerprint density at radius 1 is 1.40 bits per heavy atom. The van der Waals surface area contributed by atoms with E-state index in [9.17, 15) is 9.18 Å². The Bertz CT molecular complexity index is 730. The summed E-state index contributed by atoms with van der Waals surface area (Å²) in [6.07, 6.45) is -0.731. The zero-order valence-electron chi connectivity index (χ0n) is 15.0. The Balaban J connectivity index is 1.94. The summed E-state index contributed by atoms with van der Waals surface area (Å²) in [5.74, 6) is -0.352. The highest BCUT2D eigenvalue weighted by Gasteiger charge is 2.17. The van der Waals surface area contributed by atoms with E-state index in [-0.39, 0.29) is 5.91 Å². The van der Waals surface area contributed by atoms with E-state index in [1.54, 1.807) is 20.1 Å². The van der Waals surface area contributed by atoms with E-state index in [2.05, 4.69) is 10.4 Å². The van der Waals surface area contributed by atoms with Crippen molar-refractivity contribution >= 4 is 5.91 Å². The summed E-state index contributed by atoms with van der Waals surface area (Å²) < 4.78 is 25.6. The van der Waals surface area contributed by atoms with Crippen molar-refractivity contribution in [3.63, 3.8) is 0 Å². The van der Waals surface area contributed by atoms with Crippen molar-refractivity contribution in [2.45, 2.75) is 40.0 Å². The Kier molecular flexibility index (Phi) is 6.52. The SMILES string of the molecule is COCCn1nc(C)c(CNC(=O)C(C)Oc2cccc(F)c2)c1C. The van der Waals surface area contributed by atoms with Crippen molar-refractivity contribution < 1.29 is 18.7 Å². The molecule has 0 radical (unpaired) electrons. The predicted octanol–water partition coefficient (Wildman–Crippen LogP) is 2.37. The average Bonchev–Trinajstić information content (AvgIpc) is 2.84. The first kappa shape index (κ1) is 18.9. The van der Waals surface area contributed by atoms with E-state index in [0.717, 1.165) is 17.0 Å². The molecule has 0 spiro atoms.